The first kappa shape index (κ1) is 9.58. The molecule has 0 aromatic heterocycles. The van der Waals surface area contributed by atoms with Gasteiger partial charge in [0.15, 0.2) is 0 Å². The molecule has 0 amide bonds. The van der Waals surface area contributed by atoms with Crippen LogP contribution in [0.5, 0.6) is 0 Å². The van der Waals surface area contributed by atoms with E-state index in [9.17, 15) is 0 Å². The molecule has 0 N–H and O–H groups in total. The molecule has 0 saturated heterocycles. The van der Waals surface area contributed by atoms with Gasteiger partial charge in [0, 0.05) is 10.8 Å². The molecule has 0 aromatic rings. The summed E-state index contributed by atoms with van der Waals surface area (Å²) in [6, 6.07) is 0. The van der Waals surface area contributed by atoms with Crippen molar-refractivity contribution in [3.8, 4) is 0 Å². The summed E-state index contributed by atoms with van der Waals surface area (Å²) >= 11 is 11.4. The third-order valence-electron chi connectivity index (χ3n) is 1.20. The maximum Gasteiger partial charge on any atom is 0.0307 e. The van der Waals surface area contributed by atoms with Gasteiger partial charge in [-0.15, -0.1) is 23.2 Å². The lowest BCUT2D eigenvalue weighted by Crippen LogP contribution is -1.94. The molecule has 0 heterocycles. The predicted octanol–water partition coefficient (Wildman–Crippen LogP) is 3.41. The number of halogens is 2. The summed E-state index contributed by atoms with van der Waals surface area (Å²) in [4.78, 5) is 0. The summed E-state index contributed by atoms with van der Waals surface area (Å²) in [5.74, 6) is 0. The summed E-state index contributed by atoms with van der Waals surface area (Å²) in [5, 5.41) is 0.612. The minimum atomic E-state index is 0.306. The van der Waals surface area contributed by atoms with Crippen LogP contribution in [0.2, 0.25) is 0 Å². The SMILES string of the molecule is CC(Cl)CCCC(C)Cl. The largest absolute Gasteiger partial charge is 0.123 e. The quantitative estimate of drug-likeness (QED) is 0.565. The Kier molecular flexibility index (Phi) is 5.72. The highest BCUT2D eigenvalue weighted by Crippen LogP contribution is 2.10. The topological polar surface area (TPSA) is 0 Å². The monoisotopic (exact) mass is 168 g/mol. The molecule has 2 atom stereocenters. The first-order chi connectivity index (χ1) is 4.13. The van der Waals surface area contributed by atoms with Crippen molar-refractivity contribution in [3.63, 3.8) is 0 Å². The third-order valence-corrected chi connectivity index (χ3v) is 1.64. The molecule has 0 saturated carbocycles. The van der Waals surface area contributed by atoms with Gasteiger partial charge in [-0.2, -0.15) is 0 Å². The van der Waals surface area contributed by atoms with Gasteiger partial charge in [0.1, 0.15) is 0 Å². The summed E-state index contributed by atoms with van der Waals surface area (Å²) in [6.07, 6.45) is 3.31. The minimum absolute atomic E-state index is 0.306. The molecule has 0 aromatic carbocycles. The Morgan fingerprint density at radius 2 is 1.33 bits per heavy atom. The summed E-state index contributed by atoms with van der Waals surface area (Å²) in [7, 11) is 0. The molecule has 0 rings (SSSR count). The van der Waals surface area contributed by atoms with E-state index < -0.39 is 0 Å². The predicted molar refractivity (Wildman–Crippen MR) is 44.5 cm³/mol. The number of rotatable bonds is 4. The lowest BCUT2D eigenvalue weighted by Gasteiger charge is -2.02. The number of hydrogen-bond acceptors (Lipinski definition) is 0. The highest BCUT2D eigenvalue weighted by molar-refractivity contribution is 6.20. The fraction of sp³-hybridized carbons (Fsp3) is 1.00. The standard InChI is InChI=1S/C7H14Cl2/c1-6(8)4-3-5-7(2)9/h6-7H,3-5H2,1-2H3. The molecule has 0 radical (unpaired) electrons. The van der Waals surface area contributed by atoms with Gasteiger partial charge in [-0.1, -0.05) is 6.42 Å². The molecule has 0 fully saturated rings. The van der Waals surface area contributed by atoms with Crippen LogP contribution in [0.15, 0.2) is 0 Å². The average molecular weight is 169 g/mol. The molecule has 9 heavy (non-hydrogen) atoms. The van der Waals surface area contributed by atoms with E-state index in [-0.39, 0.29) is 0 Å². The van der Waals surface area contributed by atoms with E-state index in [1.165, 1.54) is 0 Å². The van der Waals surface area contributed by atoms with Crippen molar-refractivity contribution < 1.29 is 0 Å². The van der Waals surface area contributed by atoms with E-state index in [4.69, 9.17) is 23.2 Å². The van der Waals surface area contributed by atoms with Gasteiger partial charge < -0.3 is 0 Å². The van der Waals surface area contributed by atoms with Gasteiger partial charge in [-0.3, -0.25) is 0 Å². The Morgan fingerprint density at radius 1 is 1.00 bits per heavy atom. The third kappa shape index (κ3) is 8.58. The zero-order valence-corrected chi connectivity index (χ0v) is 7.54. The second kappa shape index (κ2) is 5.37. The van der Waals surface area contributed by atoms with Gasteiger partial charge in [0.25, 0.3) is 0 Å². The van der Waals surface area contributed by atoms with Crippen LogP contribution >= 0.6 is 23.2 Å². The van der Waals surface area contributed by atoms with Crippen molar-refractivity contribution in [2.24, 2.45) is 0 Å². The van der Waals surface area contributed by atoms with E-state index in [2.05, 4.69) is 0 Å². The van der Waals surface area contributed by atoms with Crippen LogP contribution in [0.25, 0.3) is 0 Å². The molecule has 0 aliphatic heterocycles. The van der Waals surface area contributed by atoms with E-state index in [0.717, 1.165) is 19.3 Å². The zero-order valence-electron chi connectivity index (χ0n) is 6.03. The Morgan fingerprint density at radius 3 is 1.56 bits per heavy atom. The number of hydrogen-bond donors (Lipinski definition) is 0. The highest BCUT2D eigenvalue weighted by Gasteiger charge is 1.98. The Labute approximate surface area is 67.5 Å². The Bertz CT molecular complexity index is 51.9. The molecule has 0 bridgehead atoms. The minimum Gasteiger partial charge on any atom is -0.123 e. The van der Waals surface area contributed by atoms with E-state index >= 15 is 0 Å². The van der Waals surface area contributed by atoms with Crippen molar-refractivity contribution in [2.45, 2.75) is 43.9 Å². The fourth-order valence-corrected chi connectivity index (χ4v) is 0.989. The van der Waals surface area contributed by atoms with Crippen LogP contribution in [-0.4, -0.2) is 10.8 Å². The van der Waals surface area contributed by atoms with Crippen molar-refractivity contribution in [3.05, 3.63) is 0 Å². The smallest absolute Gasteiger partial charge is 0.0307 e. The fourth-order valence-electron chi connectivity index (χ4n) is 0.680. The van der Waals surface area contributed by atoms with Crippen molar-refractivity contribution >= 4 is 23.2 Å². The van der Waals surface area contributed by atoms with Gasteiger partial charge >= 0.3 is 0 Å². The Balaban J connectivity index is 2.91. The summed E-state index contributed by atoms with van der Waals surface area (Å²) in [5.41, 5.74) is 0. The van der Waals surface area contributed by atoms with E-state index in [1.807, 2.05) is 13.8 Å². The molecule has 0 nitrogen and oxygen atoms in total. The summed E-state index contributed by atoms with van der Waals surface area (Å²) in [6.45, 7) is 4.03. The first-order valence-electron chi connectivity index (χ1n) is 3.41. The van der Waals surface area contributed by atoms with Crippen LogP contribution in [-0.2, 0) is 0 Å². The first-order valence-corrected chi connectivity index (χ1v) is 4.28. The normalized spacial score (nSPS) is 17.3. The molecular formula is C7H14Cl2. The van der Waals surface area contributed by atoms with Crippen LogP contribution in [0.1, 0.15) is 33.1 Å². The highest BCUT2D eigenvalue weighted by atomic mass is 35.5. The number of alkyl halides is 2. The van der Waals surface area contributed by atoms with Crippen molar-refractivity contribution in [1.82, 2.24) is 0 Å². The van der Waals surface area contributed by atoms with Gasteiger partial charge in [0.05, 0.1) is 0 Å². The second-order valence-corrected chi connectivity index (χ2v) is 3.98. The van der Waals surface area contributed by atoms with Crippen LogP contribution in [0.4, 0.5) is 0 Å². The molecule has 0 aliphatic carbocycles. The van der Waals surface area contributed by atoms with Gasteiger partial charge in [0.2, 0.25) is 0 Å². The average Bonchev–Trinajstić information content (AvgIpc) is 1.63. The maximum absolute atomic E-state index is 5.72. The van der Waals surface area contributed by atoms with Crippen molar-refractivity contribution in [2.75, 3.05) is 0 Å². The van der Waals surface area contributed by atoms with Crippen LogP contribution < -0.4 is 0 Å². The molecule has 2 heteroatoms. The molecular weight excluding hydrogens is 155 g/mol. The van der Waals surface area contributed by atoms with Crippen LogP contribution in [0.3, 0.4) is 0 Å². The molecule has 0 spiro atoms. The summed E-state index contributed by atoms with van der Waals surface area (Å²) < 4.78 is 0. The lowest BCUT2D eigenvalue weighted by molar-refractivity contribution is 0.665. The lowest BCUT2D eigenvalue weighted by atomic mass is 10.2. The maximum atomic E-state index is 5.72. The molecule has 56 valence electrons. The Hall–Kier alpha value is 0.580. The van der Waals surface area contributed by atoms with Crippen molar-refractivity contribution in [1.29, 1.82) is 0 Å². The molecule has 0 aliphatic rings. The van der Waals surface area contributed by atoms with Gasteiger partial charge in [-0.05, 0) is 26.7 Å². The van der Waals surface area contributed by atoms with E-state index in [0.29, 0.717) is 10.8 Å². The molecule has 2 unspecified atom stereocenters. The van der Waals surface area contributed by atoms with Gasteiger partial charge in [-0.25, -0.2) is 0 Å². The second-order valence-electron chi connectivity index (χ2n) is 2.49. The van der Waals surface area contributed by atoms with E-state index in [1.54, 1.807) is 0 Å². The van der Waals surface area contributed by atoms with Crippen LogP contribution in [0, 0.1) is 0 Å². The zero-order chi connectivity index (χ0) is 7.28.